The molecule has 1 aliphatic rings. The molecule has 0 aromatic heterocycles. The Morgan fingerprint density at radius 2 is 1.71 bits per heavy atom. The third kappa shape index (κ3) is 4.99. The second-order valence-corrected chi connectivity index (χ2v) is 8.79. The van der Waals surface area contributed by atoms with E-state index in [0.717, 1.165) is 5.56 Å². The maximum atomic E-state index is 13.1. The van der Waals surface area contributed by atoms with Gasteiger partial charge in [0.1, 0.15) is 6.04 Å². The molecule has 35 heavy (non-hydrogen) atoms. The van der Waals surface area contributed by atoms with Crippen molar-refractivity contribution < 1.29 is 19.5 Å². The highest BCUT2D eigenvalue weighted by molar-refractivity contribution is 6.39. The highest BCUT2D eigenvalue weighted by Crippen LogP contribution is 2.30. The zero-order valence-electron chi connectivity index (χ0n) is 18.2. The first kappa shape index (κ1) is 24.3. The first-order valence-electron chi connectivity index (χ1n) is 10.6. The number of hydrogen-bond acceptors (Lipinski definition) is 3. The number of rotatable bonds is 6. The molecule has 0 spiro atoms. The van der Waals surface area contributed by atoms with Crippen LogP contribution in [-0.4, -0.2) is 35.1 Å². The van der Waals surface area contributed by atoms with Crippen molar-refractivity contribution in [2.75, 3.05) is 4.90 Å². The van der Waals surface area contributed by atoms with Crippen molar-refractivity contribution in [2.45, 2.75) is 25.0 Å². The standard InChI is InChI=1S/C26H19Cl2N3O4/c1-29-22-14-16-5-2-3-6-18(16)25(33)31(22)17-11-9-15(10-12-17)13-21(26(34)35)30-24(32)23-19(27)7-4-8-20(23)28/h2-12,21-22H,13-14H2,(H,30,32)(H,34,35)/t21-,22?/m0/s1. The summed E-state index contributed by atoms with van der Waals surface area (Å²) in [6.45, 7) is 7.56. The van der Waals surface area contributed by atoms with Gasteiger partial charge in [-0.25, -0.2) is 16.3 Å². The van der Waals surface area contributed by atoms with E-state index < -0.39 is 24.1 Å². The number of nitrogens with zero attached hydrogens (tertiary/aromatic N) is 2. The summed E-state index contributed by atoms with van der Waals surface area (Å²) in [5.74, 6) is -2.17. The molecule has 7 nitrogen and oxygen atoms in total. The topological polar surface area (TPSA) is 91.1 Å². The summed E-state index contributed by atoms with van der Waals surface area (Å²) in [5.41, 5.74) is 2.56. The number of amides is 2. The lowest BCUT2D eigenvalue weighted by Crippen LogP contribution is -2.44. The fourth-order valence-electron chi connectivity index (χ4n) is 4.03. The van der Waals surface area contributed by atoms with Gasteiger partial charge in [0, 0.05) is 12.0 Å². The lowest BCUT2D eigenvalue weighted by atomic mass is 9.96. The first-order valence-corrected chi connectivity index (χ1v) is 11.4. The second kappa shape index (κ2) is 10.2. The summed E-state index contributed by atoms with van der Waals surface area (Å²) >= 11 is 12.1. The molecule has 3 aromatic carbocycles. The molecule has 176 valence electrons. The number of nitrogens with one attached hydrogen (secondary N) is 1. The van der Waals surface area contributed by atoms with E-state index in [1.807, 2.05) is 12.1 Å². The molecule has 1 heterocycles. The molecule has 9 heteroatoms. The van der Waals surface area contributed by atoms with Gasteiger partial charge < -0.3 is 10.4 Å². The summed E-state index contributed by atoms with van der Waals surface area (Å²) in [7, 11) is 0. The van der Waals surface area contributed by atoms with Crippen LogP contribution in [0.3, 0.4) is 0 Å². The fourth-order valence-corrected chi connectivity index (χ4v) is 4.60. The van der Waals surface area contributed by atoms with Crippen molar-refractivity contribution >= 4 is 46.7 Å². The Morgan fingerprint density at radius 3 is 2.34 bits per heavy atom. The summed E-state index contributed by atoms with van der Waals surface area (Å²) in [6.07, 6.45) is -0.258. The average molecular weight is 508 g/mol. The molecule has 0 radical (unpaired) electrons. The van der Waals surface area contributed by atoms with Crippen LogP contribution in [0.5, 0.6) is 0 Å². The molecule has 1 unspecified atom stereocenters. The van der Waals surface area contributed by atoms with Crippen LogP contribution in [0.15, 0.2) is 66.7 Å². The number of hydrogen-bond donors (Lipinski definition) is 2. The number of halogens is 2. The third-order valence-corrected chi connectivity index (χ3v) is 6.39. The maximum absolute atomic E-state index is 13.1. The molecule has 2 amide bonds. The molecule has 2 N–H and O–H groups in total. The molecule has 3 aromatic rings. The van der Waals surface area contributed by atoms with Crippen molar-refractivity contribution in [2.24, 2.45) is 0 Å². The van der Waals surface area contributed by atoms with E-state index in [1.165, 1.54) is 17.0 Å². The highest BCUT2D eigenvalue weighted by atomic mass is 35.5. The molecular weight excluding hydrogens is 489 g/mol. The molecule has 0 saturated heterocycles. The smallest absolute Gasteiger partial charge is 0.326 e. The number of carboxylic acids is 1. The Morgan fingerprint density at radius 1 is 1.06 bits per heavy atom. The Kier molecular flexibility index (Phi) is 7.06. The number of fused-ring (bicyclic) bond motifs is 1. The van der Waals surface area contributed by atoms with E-state index in [2.05, 4.69) is 10.2 Å². The molecule has 4 rings (SSSR count). The fraction of sp³-hybridized carbons (Fsp3) is 0.154. The molecule has 0 bridgehead atoms. The van der Waals surface area contributed by atoms with Crippen LogP contribution in [0, 0.1) is 6.57 Å². The average Bonchev–Trinajstić information content (AvgIpc) is 2.84. The van der Waals surface area contributed by atoms with E-state index in [9.17, 15) is 19.5 Å². The molecule has 2 atom stereocenters. The third-order valence-electron chi connectivity index (χ3n) is 5.76. The Balaban J connectivity index is 1.53. The minimum Gasteiger partial charge on any atom is -0.480 e. The zero-order valence-corrected chi connectivity index (χ0v) is 19.8. The van der Waals surface area contributed by atoms with Gasteiger partial charge >= 0.3 is 12.1 Å². The lowest BCUT2D eigenvalue weighted by Gasteiger charge is -2.29. The van der Waals surface area contributed by atoms with Gasteiger partial charge in [-0.05, 0) is 41.5 Å². The number of carbonyl (C=O) groups is 3. The van der Waals surface area contributed by atoms with Crippen molar-refractivity contribution in [1.29, 1.82) is 0 Å². The van der Waals surface area contributed by atoms with Crippen LogP contribution in [0.2, 0.25) is 10.0 Å². The van der Waals surface area contributed by atoms with Gasteiger partial charge in [0.25, 0.3) is 11.8 Å². The minimum atomic E-state index is -1.24. The quantitative estimate of drug-likeness (QED) is 0.465. The van der Waals surface area contributed by atoms with Crippen LogP contribution >= 0.6 is 23.2 Å². The van der Waals surface area contributed by atoms with Crippen molar-refractivity contribution in [3.05, 3.63) is 110 Å². The highest BCUT2D eigenvalue weighted by Gasteiger charge is 2.37. The van der Waals surface area contributed by atoms with Crippen LogP contribution in [-0.2, 0) is 17.6 Å². The van der Waals surface area contributed by atoms with Crippen LogP contribution in [0.4, 0.5) is 5.69 Å². The molecule has 0 aliphatic carbocycles. The van der Waals surface area contributed by atoms with Crippen LogP contribution < -0.4 is 10.2 Å². The van der Waals surface area contributed by atoms with Gasteiger partial charge in [0.15, 0.2) is 0 Å². The molecular formula is C26H19Cl2N3O4. The zero-order chi connectivity index (χ0) is 25.1. The normalized spacial score (nSPS) is 15.6. The number of carboxylic acid groups (broad SMARTS) is 1. The predicted octanol–water partition coefficient (Wildman–Crippen LogP) is 4.87. The van der Waals surface area contributed by atoms with Crippen molar-refractivity contribution in [1.82, 2.24) is 5.32 Å². The van der Waals surface area contributed by atoms with E-state index in [1.54, 1.807) is 42.5 Å². The predicted molar refractivity (Wildman–Crippen MR) is 133 cm³/mol. The Bertz CT molecular complexity index is 1330. The van der Waals surface area contributed by atoms with Crippen LogP contribution in [0.25, 0.3) is 4.85 Å². The van der Waals surface area contributed by atoms with Gasteiger partial charge in [-0.15, -0.1) is 0 Å². The van der Waals surface area contributed by atoms with Crippen molar-refractivity contribution in [3.8, 4) is 0 Å². The van der Waals surface area contributed by atoms with Crippen LogP contribution in [0.1, 0.15) is 31.8 Å². The van der Waals surface area contributed by atoms with Crippen molar-refractivity contribution in [3.63, 3.8) is 0 Å². The summed E-state index contributed by atoms with van der Waals surface area (Å²) in [6, 6.07) is 17.2. The summed E-state index contributed by atoms with van der Waals surface area (Å²) in [4.78, 5) is 42.6. The van der Waals surface area contributed by atoms with E-state index in [-0.39, 0.29) is 27.9 Å². The largest absolute Gasteiger partial charge is 0.480 e. The molecule has 0 fully saturated rings. The second-order valence-electron chi connectivity index (χ2n) is 7.98. The number of aliphatic carboxylic acids is 1. The number of benzene rings is 3. The maximum Gasteiger partial charge on any atom is 0.326 e. The van der Waals surface area contributed by atoms with Gasteiger partial charge in [-0.2, -0.15) is 0 Å². The lowest BCUT2D eigenvalue weighted by molar-refractivity contribution is -0.139. The summed E-state index contributed by atoms with van der Waals surface area (Å²) in [5, 5.41) is 12.4. The Labute approximate surface area is 211 Å². The molecule has 0 saturated carbocycles. The SMILES string of the molecule is [C-]#[N+]C1Cc2ccccc2C(=O)N1c1ccc(C[C@H](NC(=O)c2c(Cl)cccc2Cl)C(=O)O)cc1. The minimum absolute atomic E-state index is 0.00603. The number of carbonyl (C=O) groups excluding carboxylic acids is 2. The van der Waals surface area contributed by atoms with Gasteiger partial charge in [-0.3, -0.25) is 14.4 Å². The van der Waals surface area contributed by atoms with E-state index >= 15 is 0 Å². The van der Waals surface area contributed by atoms with Gasteiger partial charge in [0.2, 0.25) is 0 Å². The van der Waals surface area contributed by atoms with E-state index in [0.29, 0.717) is 23.2 Å². The molecule has 1 aliphatic heterocycles. The first-order chi connectivity index (χ1) is 16.8. The van der Waals surface area contributed by atoms with Gasteiger partial charge in [0.05, 0.1) is 27.7 Å². The summed E-state index contributed by atoms with van der Waals surface area (Å²) < 4.78 is 0. The monoisotopic (exact) mass is 507 g/mol. The van der Waals surface area contributed by atoms with E-state index in [4.69, 9.17) is 29.8 Å². The van der Waals surface area contributed by atoms with Gasteiger partial charge in [-0.1, -0.05) is 59.6 Å². The number of anilines is 1. The Hall–Kier alpha value is -3.86.